The van der Waals surface area contributed by atoms with Crippen molar-refractivity contribution in [2.75, 3.05) is 6.54 Å². The largest absolute Gasteiger partial charge is 0.305 e. The van der Waals surface area contributed by atoms with Crippen LogP contribution in [0.3, 0.4) is 0 Å². The molecule has 1 nitrogen and oxygen atoms in total. The second kappa shape index (κ2) is 13.3. The summed E-state index contributed by atoms with van der Waals surface area (Å²) in [6.45, 7) is 18.2. The lowest BCUT2D eigenvalue weighted by Gasteiger charge is -2.27. The van der Waals surface area contributed by atoms with Crippen molar-refractivity contribution in [2.24, 2.45) is 5.92 Å². The molecule has 0 aromatic carbocycles. The first-order chi connectivity index (χ1) is 8.47. The third-order valence-corrected chi connectivity index (χ3v) is 2.61. The van der Waals surface area contributed by atoms with Gasteiger partial charge in [-0.1, -0.05) is 54.9 Å². The minimum atomic E-state index is -2.56. The molecule has 0 saturated carbocycles. The summed E-state index contributed by atoms with van der Waals surface area (Å²) in [6.07, 6.45) is 0.903. The van der Waals surface area contributed by atoms with Gasteiger partial charge in [0.25, 0.3) is 0 Å². The van der Waals surface area contributed by atoms with Crippen LogP contribution in [0.2, 0.25) is 0 Å². The lowest BCUT2D eigenvalue weighted by atomic mass is 10.1. The molecule has 1 aliphatic heterocycles. The van der Waals surface area contributed by atoms with Gasteiger partial charge in [-0.25, -0.2) is 4.90 Å². The summed E-state index contributed by atoms with van der Waals surface area (Å²) in [5.74, 6) is 0.183. The Morgan fingerprint density at radius 3 is 1.61 bits per heavy atom. The van der Waals surface area contributed by atoms with Gasteiger partial charge in [0.2, 0.25) is 0 Å². The smallest absolute Gasteiger partial charge is 0.242 e. The van der Waals surface area contributed by atoms with Crippen LogP contribution >= 0.6 is 0 Å². The molecule has 0 amide bonds. The first-order valence-corrected chi connectivity index (χ1v) is 7.62. The normalized spacial score (nSPS) is 21.0. The van der Waals surface area contributed by atoms with Crippen LogP contribution in [0.5, 0.6) is 0 Å². The van der Waals surface area contributed by atoms with Crippen molar-refractivity contribution in [3.63, 3.8) is 0 Å². The SMILES string of the molecule is CC.CC.CC.CCC1CN(C(C)C)C(F)(F)C1. The lowest BCUT2D eigenvalue weighted by molar-refractivity contribution is -0.132. The van der Waals surface area contributed by atoms with Gasteiger partial charge in [-0.2, -0.15) is 8.78 Å². The molecule has 0 aliphatic carbocycles. The summed E-state index contributed by atoms with van der Waals surface area (Å²) in [6, 6.07) is -2.61. The standard InChI is InChI=1S/C9H17F2N.3C2H6/c1-4-8-5-9(10,11)12(6-8)7(2)3;3*1-2/h7-8H,4-6H2,1-3H3;3*1-2H3. The van der Waals surface area contributed by atoms with Crippen LogP contribution in [0.1, 0.15) is 75.2 Å². The summed E-state index contributed by atoms with van der Waals surface area (Å²) in [4.78, 5) is 1.31. The monoisotopic (exact) mass is 267 g/mol. The molecule has 1 atom stereocenters. The average Bonchev–Trinajstić information content (AvgIpc) is 2.72. The highest BCUT2D eigenvalue weighted by molar-refractivity contribution is 4.85. The van der Waals surface area contributed by atoms with E-state index in [1.165, 1.54) is 4.90 Å². The number of rotatable bonds is 2. The minimum absolute atomic E-state index is 0.0433. The van der Waals surface area contributed by atoms with Gasteiger partial charge in [0, 0.05) is 19.0 Å². The van der Waals surface area contributed by atoms with E-state index in [-0.39, 0.29) is 18.4 Å². The predicted molar refractivity (Wildman–Crippen MR) is 79.2 cm³/mol. The highest BCUT2D eigenvalue weighted by atomic mass is 19.3. The topological polar surface area (TPSA) is 3.24 Å². The fourth-order valence-corrected chi connectivity index (χ4v) is 1.80. The zero-order valence-electron chi connectivity index (χ0n) is 14.0. The molecule has 1 saturated heterocycles. The van der Waals surface area contributed by atoms with E-state index in [1.807, 2.05) is 62.3 Å². The maximum atomic E-state index is 13.2. The van der Waals surface area contributed by atoms with E-state index in [0.29, 0.717) is 6.54 Å². The Morgan fingerprint density at radius 2 is 1.44 bits per heavy atom. The van der Waals surface area contributed by atoms with Crippen LogP contribution < -0.4 is 0 Å². The molecule has 0 aromatic rings. The van der Waals surface area contributed by atoms with E-state index in [4.69, 9.17) is 0 Å². The van der Waals surface area contributed by atoms with Crippen molar-refractivity contribution in [3.05, 3.63) is 0 Å². The quantitative estimate of drug-likeness (QED) is 0.572. The van der Waals surface area contributed by atoms with Gasteiger partial charge in [-0.05, 0) is 19.8 Å². The maximum absolute atomic E-state index is 13.2. The van der Waals surface area contributed by atoms with E-state index < -0.39 is 6.05 Å². The number of halogens is 2. The van der Waals surface area contributed by atoms with E-state index in [9.17, 15) is 8.78 Å². The van der Waals surface area contributed by atoms with Gasteiger partial charge >= 0.3 is 6.05 Å². The van der Waals surface area contributed by atoms with Crippen LogP contribution in [-0.4, -0.2) is 23.5 Å². The van der Waals surface area contributed by atoms with E-state index in [1.54, 1.807) is 0 Å². The molecular weight excluding hydrogens is 232 g/mol. The van der Waals surface area contributed by atoms with Crippen LogP contribution in [0, 0.1) is 5.92 Å². The number of hydrogen-bond donors (Lipinski definition) is 0. The van der Waals surface area contributed by atoms with Gasteiger partial charge in [-0.3, -0.25) is 0 Å². The summed E-state index contributed by atoms with van der Waals surface area (Å²) in [5.41, 5.74) is 0. The molecule has 0 radical (unpaired) electrons. The Kier molecular flexibility index (Phi) is 16.9. The second-order valence-electron chi connectivity index (χ2n) is 3.89. The van der Waals surface area contributed by atoms with Crippen LogP contribution in [0.15, 0.2) is 0 Å². The van der Waals surface area contributed by atoms with Crippen LogP contribution in [-0.2, 0) is 0 Å². The molecule has 114 valence electrons. The molecule has 0 N–H and O–H groups in total. The van der Waals surface area contributed by atoms with Crippen LogP contribution in [0.25, 0.3) is 0 Å². The van der Waals surface area contributed by atoms with Gasteiger partial charge < -0.3 is 0 Å². The van der Waals surface area contributed by atoms with Gasteiger partial charge in [-0.15, -0.1) is 0 Å². The molecule has 3 heteroatoms. The van der Waals surface area contributed by atoms with Crippen molar-refractivity contribution < 1.29 is 8.78 Å². The van der Waals surface area contributed by atoms with Gasteiger partial charge in [0.15, 0.2) is 0 Å². The molecule has 1 heterocycles. The van der Waals surface area contributed by atoms with Crippen molar-refractivity contribution in [1.29, 1.82) is 0 Å². The Balaban J connectivity index is -0.000000328. The third kappa shape index (κ3) is 8.02. The zero-order chi connectivity index (χ0) is 15.4. The van der Waals surface area contributed by atoms with E-state index in [2.05, 4.69) is 0 Å². The first kappa shape index (κ1) is 23.0. The van der Waals surface area contributed by atoms with E-state index in [0.717, 1.165) is 6.42 Å². The first-order valence-electron chi connectivity index (χ1n) is 7.62. The summed E-state index contributed by atoms with van der Waals surface area (Å²) in [7, 11) is 0. The van der Waals surface area contributed by atoms with Crippen molar-refractivity contribution in [1.82, 2.24) is 4.90 Å². The van der Waals surface area contributed by atoms with E-state index >= 15 is 0 Å². The number of alkyl halides is 2. The summed E-state index contributed by atoms with van der Waals surface area (Å²) >= 11 is 0. The lowest BCUT2D eigenvalue weighted by Crippen LogP contribution is -2.40. The summed E-state index contributed by atoms with van der Waals surface area (Å²) < 4.78 is 26.4. The Morgan fingerprint density at radius 1 is 1.06 bits per heavy atom. The average molecular weight is 267 g/mol. The predicted octanol–water partition coefficient (Wildman–Crippen LogP) is 5.80. The molecule has 1 fully saturated rings. The van der Waals surface area contributed by atoms with Gasteiger partial charge in [0.1, 0.15) is 0 Å². The molecule has 0 spiro atoms. The minimum Gasteiger partial charge on any atom is -0.242 e. The zero-order valence-corrected chi connectivity index (χ0v) is 14.0. The molecule has 0 aromatic heterocycles. The maximum Gasteiger partial charge on any atom is 0.305 e. The molecule has 18 heavy (non-hydrogen) atoms. The molecule has 1 rings (SSSR count). The molecule has 1 unspecified atom stereocenters. The highest BCUT2D eigenvalue weighted by Crippen LogP contribution is 2.38. The Labute approximate surface area is 114 Å². The number of nitrogens with zero attached hydrogens (tertiary/aromatic N) is 1. The highest BCUT2D eigenvalue weighted by Gasteiger charge is 2.46. The third-order valence-electron chi connectivity index (χ3n) is 2.61. The fourth-order valence-electron chi connectivity index (χ4n) is 1.80. The van der Waals surface area contributed by atoms with Crippen molar-refractivity contribution in [2.45, 2.75) is 87.2 Å². The summed E-state index contributed by atoms with van der Waals surface area (Å²) in [5, 5.41) is 0. The van der Waals surface area contributed by atoms with Gasteiger partial charge in [0.05, 0.1) is 0 Å². The Hall–Kier alpha value is -0.180. The molecule has 1 aliphatic rings. The van der Waals surface area contributed by atoms with Crippen LogP contribution in [0.4, 0.5) is 8.78 Å². The number of hydrogen-bond acceptors (Lipinski definition) is 1. The van der Waals surface area contributed by atoms with Crippen molar-refractivity contribution >= 4 is 0 Å². The van der Waals surface area contributed by atoms with Crippen molar-refractivity contribution in [3.8, 4) is 0 Å². The second-order valence-corrected chi connectivity index (χ2v) is 3.89. The Bertz CT molecular complexity index is 159. The molecule has 0 bridgehead atoms. The molecular formula is C15H35F2N. The number of likely N-dealkylation sites (tertiary alicyclic amines) is 1. The fraction of sp³-hybridized carbons (Fsp3) is 1.00.